The maximum atomic E-state index is 13.3. The zero-order valence-corrected chi connectivity index (χ0v) is 11.1. The second-order valence-corrected chi connectivity index (χ2v) is 5.20. The Kier molecular flexibility index (Phi) is 3.07. The SMILES string of the molecule is Nc1ccc(CN2CCc3ccc(F)cc32)c(Cl)c1. The first-order chi connectivity index (χ1) is 9.13. The van der Waals surface area contributed by atoms with Crippen molar-refractivity contribution >= 4 is 23.0 Å². The molecule has 1 aliphatic heterocycles. The maximum absolute atomic E-state index is 13.3. The van der Waals surface area contributed by atoms with Crippen LogP contribution in [-0.4, -0.2) is 6.54 Å². The molecule has 0 saturated heterocycles. The highest BCUT2D eigenvalue weighted by Crippen LogP contribution is 2.31. The Morgan fingerprint density at radius 2 is 2.05 bits per heavy atom. The van der Waals surface area contributed by atoms with E-state index in [1.807, 2.05) is 18.2 Å². The first-order valence-electron chi connectivity index (χ1n) is 6.21. The predicted molar refractivity (Wildman–Crippen MR) is 77.0 cm³/mol. The molecule has 2 N–H and O–H groups in total. The fourth-order valence-electron chi connectivity index (χ4n) is 2.48. The maximum Gasteiger partial charge on any atom is 0.125 e. The van der Waals surface area contributed by atoms with E-state index in [0.717, 1.165) is 24.2 Å². The number of benzene rings is 2. The van der Waals surface area contributed by atoms with E-state index in [0.29, 0.717) is 17.3 Å². The van der Waals surface area contributed by atoms with Crippen molar-refractivity contribution < 1.29 is 4.39 Å². The van der Waals surface area contributed by atoms with Gasteiger partial charge in [-0.3, -0.25) is 0 Å². The molecule has 0 amide bonds. The summed E-state index contributed by atoms with van der Waals surface area (Å²) >= 11 is 6.19. The van der Waals surface area contributed by atoms with Crippen LogP contribution in [0.1, 0.15) is 11.1 Å². The van der Waals surface area contributed by atoms with Crippen LogP contribution in [0.25, 0.3) is 0 Å². The summed E-state index contributed by atoms with van der Waals surface area (Å²) in [6.07, 6.45) is 0.947. The molecule has 0 fully saturated rings. The topological polar surface area (TPSA) is 29.3 Å². The van der Waals surface area contributed by atoms with Crippen LogP contribution >= 0.6 is 11.6 Å². The molecule has 0 atom stereocenters. The van der Waals surface area contributed by atoms with Crippen molar-refractivity contribution in [2.45, 2.75) is 13.0 Å². The van der Waals surface area contributed by atoms with Crippen molar-refractivity contribution in [3.05, 3.63) is 58.4 Å². The van der Waals surface area contributed by atoms with Gasteiger partial charge in [0.05, 0.1) is 0 Å². The fourth-order valence-corrected chi connectivity index (χ4v) is 2.73. The summed E-state index contributed by atoms with van der Waals surface area (Å²) in [5, 5.41) is 0.657. The molecule has 0 saturated carbocycles. The van der Waals surface area contributed by atoms with Crippen LogP contribution < -0.4 is 10.6 Å². The summed E-state index contributed by atoms with van der Waals surface area (Å²) in [4.78, 5) is 2.15. The highest BCUT2D eigenvalue weighted by molar-refractivity contribution is 6.31. The first kappa shape index (κ1) is 12.3. The zero-order valence-electron chi connectivity index (χ0n) is 10.4. The Balaban J connectivity index is 1.88. The minimum Gasteiger partial charge on any atom is -0.399 e. The van der Waals surface area contributed by atoms with Crippen molar-refractivity contribution in [2.24, 2.45) is 0 Å². The quantitative estimate of drug-likeness (QED) is 0.849. The lowest BCUT2D eigenvalue weighted by atomic mass is 10.1. The van der Waals surface area contributed by atoms with Gasteiger partial charge in [0.25, 0.3) is 0 Å². The van der Waals surface area contributed by atoms with Gasteiger partial charge in [-0.15, -0.1) is 0 Å². The van der Waals surface area contributed by atoms with E-state index in [1.54, 1.807) is 12.1 Å². The molecule has 2 aromatic carbocycles. The molecule has 1 aliphatic rings. The molecular formula is C15H14ClFN2. The minimum absolute atomic E-state index is 0.200. The Morgan fingerprint density at radius 1 is 1.21 bits per heavy atom. The third-order valence-electron chi connectivity index (χ3n) is 3.48. The van der Waals surface area contributed by atoms with Gasteiger partial charge in [0.2, 0.25) is 0 Å². The van der Waals surface area contributed by atoms with Crippen LogP contribution in [0.4, 0.5) is 15.8 Å². The summed E-state index contributed by atoms with van der Waals surface area (Å²) in [7, 11) is 0. The number of nitrogens with two attached hydrogens (primary N) is 1. The summed E-state index contributed by atoms with van der Waals surface area (Å²) in [6, 6.07) is 10.5. The van der Waals surface area contributed by atoms with Gasteiger partial charge in [-0.05, 0) is 41.8 Å². The number of nitrogen functional groups attached to an aromatic ring is 1. The molecule has 1 heterocycles. The van der Waals surface area contributed by atoms with E-state index in [1.165, 1.54) is 11.6 Å². The highest BCUT2D eigenvalue weighted by Gasteiger charge is 2.20. The van der Waals surface area contributed by atoms with Crippen LogP contribution in [0, 0.1) is 5.82 Å². The predicted octanol–water partition coefficient (Wildman–Crippen LogP) is 3.62. The van der Waals surface area contributed by atoms with Gasteiger partial charge in [-0.25, -0.2) is 4.39 Å². The highest BCUT2D eigenvalue weighted by atomic mass is 35.5. The van der Waals surface area contributed by atoms with E-state index in [-0.39, 0.29) is 5.82 Å². The molecule has 0 radical (unpaired) electrons. The molecule has 0 aliphatic carbocycles. The molecule has 2 aromatic rings. The minimum atomic E-state index is -0.200. The summed E-state index contributed by atoms with van der Waals surface area (Å²) in [5.41, 5.74) is 9.50. The second-order valence-electron chi connectivity index (χ2n) is 4.80. The molecule has 0 aromatic heterocycles. The second kappa shape index (κ2) is 4.74. The number of halogens is 2. The lowest BCUT2D eigenvalue weighted by molar-refractivity contribution is 0.627. The van der Waals surface area contributed by atoms with Gasteiger partial charge in [0, 0.05) is 29.5 Å². The van der Waals surface area contributed by atoms with Crippen LogP contribution in [0.5, 0.6) is 0 Å². The van der Waals surface area contributed by atoms with E-state index in [2.05, 4.69) is 4.90 Å². The van der Waals surface area contributed by atoms with Gasteiger partial charge < -0.3 is 10.6 Å². The summed E-state index contributed by atoms with van der Waals surface area (Å²) in [5.74, 6) is -0.200. The fraction of sp³-hybridized carbons (Fsp3) is 0.200. The number of anilines is 2. The van der Waals surface area contributed by atoms with Crippen LogP contribution in [0.2, 0.25) is 5.02 Å². The van der Waals surface area contributed by atoms with E-state index in [4.69, 9.17) is 17.3 Å². The van der Waals surface area contributed by atoms with Gasteiger partial charge in [-0.2, -0.15) is 0 Å². The Hall–Kier alpha value is -1.74. The molecule has 98 valence electrons. The van der Waals surface area contributed by atoms with Crippen molar-refractivity contribution in [1.82, 2.24) is 0 Å². The monoisotopic (exact) mass is 276 g/mol. The smallest absolute Gasteiger partial charge is 0.125 e. The number of nitrogens with zero attached hydrogens (tertiary/aromatic N) is 1. The van der Waals surface area contributed by atoms with Crippen LogP contribution in [0.15, 0.2) is 36.4 Å². The molecule has 3 rings (SSSR count). The van der Waals surface area contributed by atoms with Gasteiger partial charge in [0.1, 0.15) is 5.82 Å². The average molecular weight is 277 g/mol. The van der Waals surface area contributed by atoms with Crippen molar-refractivity contribution in [1.29, 1.82) is 0 Å². The number of hydrogen-bond donors (Lipinski definition) is 1. The average Bonchev–Trinajstić information content (AvgIpc) is 2.75. The molecule has 4 heteroatoms. The Morgan fingerprint density at radius 3 is 2.84 bits per heavy atom. The van der Waals surface area contributed by atoms with Gasteiger partial charge in [0.15, 0.2) is 0 Å². The largest absolute Gasteiger partial charge is 0.399 e. The van der Waals surface area contributed by atoms with E-state index < -0.39 is 0 Å². The summed E-state index contributed by atoms with van der Waals surface area (Å²) < 4.78 is 13.3. The van der Waals surface area contributed by atoms with Crippen LogP contribution in [0.3, 0.4) is 0 Å². The molecule has 2 nitrogen and oxygen atoms in total. The molecule has 19 heavy (non-hydrogen) atoms. The van der Waals surface area contributed by atoms with Crippen molar-refractivity contribution in [2.75, 3.05) is 17.2 Å². The van der Waals surface area contributed by atoms with Crippen molar-refractivity contribution in [3.8, 4) is 0 Å². The Labute approximate surface area is 116 Å². The van der Waals surface area contributed by atoms with Gasteiger partial charge >= 0.3 is 0 Å². The molecule has 0 bridgehead atoms. The summed E-state index contributed by atoms with van der Waals surface area (Å²) in [6.45, 7) is 1.56. The zero-order chi connectivity index (χ0) is 13.4. The first-order valence-corrected chi connectivity index (χ1v) is 6.58. The van der Waals surface area contributed by atoms with E-state index >= 15 is 0 Å². The molecule has 0 unspecified atom stereocenters. The van der Waals surface area contributed by atoms with Crippen LogP contribution in [-0.2, 0) is 13.0 Å². The number of rotatable bonds is 2. The number of fused-ring (bicyclic) bond motifs is 1. The molecule has 0 spiro atoms. The lowest BCUT2D eigenvalue weighted by Gasteiger charge is -2.20. The van der Waals surface area contributed by atoms with Gasteiger partial charge in [-0.1, -0.05) is 23.7 Å². The van der Waals surface area contributed by atoms with E-state index in [9.17, 15) is 4.39 Å². The molecular weight excluding hydrogens is 263 g/mol. The lowest BCUT2D eigenvalue weighted by Crippen LogP contribution is -2.20. The normalized spacial score (nSPS) is 13.7. The third-order valence-corrected chi connectivity index (χ3v) is 3.83. The van der Waals surface area contributed by atoms with Crippen molar-refractivity contribution in [3.63, 3.8) is 0 Å². The number of hydrogen-bond acceptors (Lipinski definition) is 2. The standard InChI is InChI=1S/C15H14ClFN2/c16-14-8-13(18)4-2-11(14)9-19-6-5-10-1-3-12(17)7-15(10)19/h1-4,7-8H,5-6,9,18H2. The third kappa shape index (κ3) is 2.38. The Bertz CT molecular complexity index is 628.